The Kier molecular flexibility index (Phi) is 33.5. The molecule has 6 fully saturated rings. The Labute approximate surface area is 793 Å². The number of aryl methyl sites for hydroxylation is 12. The Morgan fingerprint density at radius 2 is 0.634 bits per heavy atom. The van der Waals surface area contributed by atoms with E-state index in [1.165, 1.54) is 51.8 Å². The lowest BCUT2D eigenvalue weighted by atomic mass is 9.99. The van der Waals surface area contributed by atoms with Gasteiger partial charge in [-0.05, 0) is 267 Å². The summed E-state index contributed by atoms with van der Waals surface area (Å²) in [5, 5.41) is 36.5. The third-order valence-corrected chi connectivity index (χ3v) is 32.1. The molecule has 28 nitrogen and oxygen atoms in total. The Hall–Kier alpha value is -10.2. The van der Waals surface area contributed by atoms with E-state index in [1.807, 2.05) is 223 Å². The molecule has 700 valence electrons. The molecule has 6 aliphatic rings. The molecule has 12 aromatic heterocycles. The predicted molar refractivity (Wildman–Crippen MR) is 525 cm³/mol. The zero-order chi connectivity index (χ0) is 93.8. The highest BCUT2D eigenvalue weighted by Gasteiger charge is 2.34. The van der Waals surface area contributed by atoms with Crippen LogP contribution in [0.4, 0.5) is 0 Å². The topological polar surface area (TPSA) is 279 Å². The maximum atomic E-state index is 12.8. The molecule has 0 bridgehead atoms. The number of carbonyl (C=O) groups is 7. The third kappa shape index (κ3) is 24.8. The van der Waals surface area contributed by atoms with Crippen LogP contribution >= 0.6 is 68.0 Å². The van der Waals surface area contributed by atoms with Crippen LogP contribution in [0.5, 0.6) is 0 Å². The van der Waals surface area contributed by atoms with Gasteiger partial charge in [-0.1, -0.05) is 13.8 Å². The number of β-amino-alcohol motifs (C(OH)–C–C–N with tert-alkyl or cyclic N) is 1. The van der Waals surface area contributed by atoms with Gasteiger partial charge in [-0.2, -0.15) is 30.6 Å². The number of methoxy groups -OCH3 is 1. The van der Waals surface area contributed by atoms with Gasteiger partial charge in [0.25, 0.3) is 35.4 Å². The van der Waals surface area contributed by atoms with Gasteiger partial charge in [-0.15, -0.1) is 68.0 Å². The molecule has 34 heteroatoms. The van der Waals surface area contributed by atoms with Crippen molar-refractivity contribution in [1.29, 1.82) is 0 Å². The van der Waals surface area contributed by atoms with Gasteiger partial charge in [0.2, 0.25) is 0 Å². The van der Waals surface area contributed by atoms with Crippen LogP contribution in [0.2, 0.25) is 0 Å². The summed E-state index contributed by atoms with van der Waals surface area (Å²) in [5.41, 5.74) is 12.2. The lowest BCUT2D eigenvalue weighted by Gasteiger charge is -2.35. The highest BCUT2D eigenvalue weighted by molar-refractivity contribution is 7.19. The maximum absolute atomic E-state index is 12.8. The number of aliphatic hydroxyl groups excluding tert-OH is 1. The second-order valence-corrected chi connectivity index (χ2v) is 42.1. The van der Waals surface area contributed by atoms with Gasteiger partial charge in [0.05, 0.1) is 76.8 Å². The first-order valence-electron chi connectivity index (χ1n) is 45.4. The van der Waals surface area contributed by atoms with Crippen molar-refractivity contribution < 1.29 is 43.4 Å². The second kappa shape index (κ2) is 44.6. The molecule has 18 rings (SSSR count). The lowest BCUT2D eigenvalue weighted by molar-refractivity contribution is -0.122. The van der Waals surface area contributed by atoms with E-state index in [0.717, 1.165) is 259 Å². The van der Waals surface area contributed by atoms with Gasteiger partial charge < -0.3 is 44.1 Å². The molecule has 3 unspecified atom stereocenters. The Morgan fingerprint density at radius 1 is 0.344 bits per heavy atom. The number of amides is 6. The van der Waals surface area contributed by atoms with E-state index in [4.69, 9.17) is 4.74 Å². The van der Waals surface area contributed by atoms with Crippen molar-refractivity contribution in [2.45, 2.75) is 170 Å². The van der Waals surface area contributed by atoms with E-state index in [1.54, 1.807) is 46.5 Å². The number of ether oxygens (including phenoxy) is 1. The second-order valence-electron chi connectivity index (χ2n) is 35.6. The van der Waals surface area contributed by atoms with Crippen LogP contribution in [0.1, 0.15) is 196 Å². The first-order valence-corrected chi connectivity index (χ1v) is 50.3. The Balaban J connectivity index is 0.000000134. The summed E-state index contributed by atoms with van der Waals surface area (Å²) in [7, 11) is 17.5. The lowest BCUT2D eigenvalue weighted by Crippen LogP contribution is -2.47. The van der Waals surface area contributed by atoms with Gasteiger partial charge in [-0.3, -0.25) is 61.7 Å². The number of rotatable bonds is 15. The SMILES string of the molecule is CC(=O)C1CCCCN1C(=O)c1ccc(-c2cc(C)n(C)n2)s1.COC1CCN(C(=O)c2ccc(-c3cc(C)n(C)n3)s2)CC1.Cc1cc(-c2ccc(C(=O)N3CCC(C)CC3)s2)nn1C.Cc1cc(-c2ccc(C(=O)N3CCC(N(C)C)CC3)s2)nn1C.Cc1cc(-c2ccc(C(=O)N3CCCC(C)C3)s2)nn1C.Cc1cc(-c2ccc(C(=O)N3CCCC(O)C3)s2)nn1C. The number of thiophene rings is 6. The van der Waals surface area contributed by atoms with Crippen molar-refractivity contribution in [2.75, 3.05) is 93.2 Å². The van der Waals surface area contributed by atoms with Gasteiger partial charge in [0.15, 0.2) is 5.78 Å². The van der Waals surface area contributed by atoms with Crippen molar-refractivity contribution in [1.82, 2.24) is 93.0 Å². The summed E-state index contributed by atoms with van der Waals surface area (Å²) in [6.07, 6.45) is 12.8. The molecule has 1 N–H and O–H groups in total. The minimum absolute atomic E-state index is 0.0117. The van der Waals surface area contributed by atoms with Crippen molar-refractivity contribution in [3.05, 3.63) is 173 Å². The van der Waals surface area contributed by atoms with E-state index in [0.29, 0.717) is 40.9 Å². The minimum Gasteiger partial charge on any atom is -0.391 e. The van der Waals surface area contributed by atoms with Gasteiger partial charge in [0, 0.05) is 162 Å². The largest absolute Gasteiger partial charge is 0.391 e. The fraction of sp³-hybridized carbons (Fsp3) is 0.495. The third-order valence-electron chi connectivity index (χ3n) is 25.6. The highest BCUT2D eigenvalue weighted by atomic mass is 32.1. The maximum Gasteiger partial charge on any atom is 0.264 e. The predicted octanol–water partition coefficient (Wildman–Crippen LogP) is 17.1. The average Bonchev–Trinajstić information content (AvgIpc) is 1.73. The molecular weight excluding hydrogens is 1770 g/mol. The van der Waals surface area contributed by atoms with Crippen molar-refractivity contribution >= 4 is 109 Å². The standard InChI is InChI=1S/C17H24N4OS.C17H21N3O2S.C16H21N3O2S.2C16H21N3OS.C15H19N3O2S/c1-12-11-14(18-20(12)4)15-5-6-16(23-15)17(22)21-9-7-13(8-10-21)19(2)3;1-11-10-13(18-19(11)3)15-7-8-16(23-15)17(22)20-9-5-4-6-14(20)12(2)21;1-11-10-13(17-18(11)2)14-4-5-15(22-14)16(20)19-8-6-12(21-3)7-9-19;1-11-6-8-19(9-7-11)16(20)15-5-4-14(21-15)13-10-12(2)18(3)17-13;1-11-5-4-8-19(10-11)16(20)15-7-6-14(21-15)13-9-12(2)18(3)17-13;1-10-8-12(16-17(10)2)13-5-6-14(21-13)15(20)18-7-3-4-11(19)9-18/h5-6,11,13H,7-10H2,1-4H3;7-8,10,14H,4-6,9H2,1-3H3;4-5,10,12H,6-9H2,1-3H3;4-5,10-11H,6-9H2,1-3H3;6-7,9,11H,4-5,8,10H2,1-3H3;5-6,8,11,19H,3-4,7,9H2,1-2H3. The Morgan fingerprint density at radius 3 is 0.916 bits per heavy atom. The van der Waals surface area contributed by atoms with Crippen LogP contribution < -0.4 is 0 Å². The van der Waals surface area contributed by atoms with E-state index in [2.05, 4.69) is 81.6 Å². The summed E-state index contributed by atoms with van der Waals surface area (Å²) < 4.78 is 16.5. The number of hydrogen-bond donors (Lipinski definition) is 1. The molecule has 6 amide bonds. The number of piperidine rings is 6. The molecule has 3 atom stereocenters. The van der Waals surface area contributed by atoms with Crippen LogP contribution in [-0.4, -0.2) is 257 Å². The number of nitrogens with zero attached hydrogens (tertiary/aromatic N) is 19. The van der Waals surface area contributed by atoms with Crippen molar-refractivity contribution in [3.8, 4) is 63.4 Å². The number of hydrogen-bond acceptors (Lipinski definition) is 22. The van der Waals surface area contributed by atoms with E-state index in [-0.39, 0.29) is 53.4 Å². The normalized spacial score (nSPS) is 17.5. The molecular formula is C97H127N19O9S6. The Bertz CT molecular complexity index is 5680. The van der Waals surface area contributed by atoms with Crippen LogP contribution in [0, 0.1) is 53.4 Å². The van der Waals surface area contributed by atoms with Gasteiger partial charge in [0.1, 0.15) is 34.2 Å². The zero-order valence-corrected chi connectivity index (χ0v) is 83.9. The van der Waals surface area contributed by atoms with E-state index in [9.17, 15) is 38.7 Å². The summed E-state index contributed by atoms with van der Waals surface area (Å²) in [5.74, 6) is 2.03. The number of likely N-dealkylation sites (tertiary alicyclic amines) is 6. The zero-order valence-electron chi connectivity index (χ0n) is 79.0. The smallest absolute Gasteiger partial charge is 0.264 e. The highest BCUT2D eigenvalue weighted by Crippen LogP contribution is 2.37. The number of aliphatic hydroxyl groups is 1. The molecule has 0 radical (unpaired) electrons. The van der Waals surface area contributed by atoms with Crippen LogP contribution in [0.3, 0.4) is 0 Å². The van der Waals surface area contributed by atoms with Crippen LogP contribution in [-0.2, 0) is 51.8 Å². The van der Waals surface area contributed by atoms with Crippen LogP contribution in [0.25, 0.3) is 63.4 Å². The van der Waals surface area contributed by atoms with E-state index < -0.39 is 0 Å². The summed E-state index contributed by atoms with van der Waals surface area (Å²) in [6, 6.07) is 35.9. The fourth-order valence-electron chi connectivity index (χ4n) is 16.8. The van der Waals surface area contributed by atoms with Crippen LogP contribution in [0.15, 0.2) is 109 Å². The first kappa shape index (κ1) is 98.3. The van der Waals surface area contributed by atoms with E-state index >= 15 is 0 Å². The minimum atomic E-state index is -0.388. The molecule has 0 saturated carbocycles. The molecule has 6 saturated heterocycles. The number of ketones is 1. The molecule has 18 heterocycles. The summed E-state index contributed by atoms with van der Waals surface area (Å²) >= 11 is 9.05. The monoisotopic (exact) mass is 1890 g/mol. The number of Topliss-reactive ketones (excluding diaryl/α,β-unsaturated/α-hetero) is 1. The van der Waals surface area contributed by atoms with Crippen molar-refractivity contribution in [3.63, 3.8) is 0 Å². The molecule has 0 aliphatic carbocycles. The summed E-state index contributed by atoms with van der Waals surface area (Å²) in [4.78, 5) is 112. The number of carbonyl (C=O) groups excluding carboxylic acids is 7. The molecule has 12 aromatic rings. The van der Waals surface area contributed by atoms with Gasteiger partial charge >= 0.3 is 0 Å². The molecule has 6 aliphatic heterocycles. The number of aromatic nitrogens is 12. The fourth-order valence-corrected chi connectivity index (χ4v) is 22.3. The first-order chi connectivity index (χ1) is 62.6. The quantitative estimate of drug-likeness (QED) is 0.0998. The average molecular weight is 1900 g/mol. The van der Waals surface area contributed by atoms with Gasteiger partial charge in [-0.25, -0.2) is 0 Å². The van der Waals surface area contributed by atoms with Crippen molar-refractivity contribution in [2.24, 2.45) is 54.1 Å². The molecule has 0 aromatic carbocycles. The molecule has 0 spiro atoms. The summed E-state index contributed by atoms with van der Waals surface area (Å²) in [6.45, 7) is 26.8. The molecule has 131 heavy (non-hydrogen) atoms.